The number of rotatable bonds is 9. The van der Waals surface area contributed by atoms with Crippen molar-refractivity contribution in [3.8, 4) is 5.75 Å². The smallest absolute Gasteiger partial charge is 0.269 e. The first-order valence-corrected chi connectivity index (χ1v) is 20.3. The zero-order chi connectivity index (χ0) is 32.3. The summed E-state index contributed by atoms with van der Waals surface area (Å²) in [6.45, 7) is 32.4. The van der Waals surface area contributed by atoms with Gasteiger partial charge in [-0.15, -0.1) is 0 Å². The highest BCUT2D eigenvalue weighted by Crippen LogP contribution is 2.39. The number of nitrogens with one attached hydrogen (secondary N) is 3. The largest absolute Gasteiger partial charge is 0.544 e. The molecule has 0 saturated carbocycles. The average molecular weight is 631 g/mol. The Hall–Kier alpha value is -2.85. The third-order valence-corrected chi connectivity index (χ3v) is 17.8. The Bertz CT molecular complexity index is 1330. The van der Waals surface area contributed by atoms with Crippen LogP contribution >= 0.6 is 11.6 Å². The van der Waals surface area contributed by atoms with Crippen molar-refractivity contribution in [2.75, 3.05) is 5.32 Å². The number of hydrogen-bond acceptors (Lipinski definition) is 5. The molecule has 230 valence electrons. The first kappa shape index (κ1) is 35.4. The van der Waals surface area contributed by atoms with Gasteiger partial charge < -0.3 is 14.2 Å². The number of carbonyl (C=O) groups is 2. The molecule has 3 N–H and O–H groups in total. The van der Waals surface area contributed by atoms with Crippen molar-refractivity contribution in [3.63, 3.8) is 0 Å². The van der Waals surface area contributed by atoms with E-state index in [0.29, 0.717) is 33.3 Å². The molecule has 8 nitrogen and oxygen atoms in total. The minimum atomic E-state index is -2.25. The minimum Gasteiger partial charge on any atom is -0.544 e. The van der Waals surface area contributed by atoms with Crippen LogP contribution in [0.5, 0.6) is 5.75 Å². The van der Waals surface area contributed by atoms with E-state index in [1.807, 2.05) is 6.92 Å². The molecule has 2 rings (SSSR count). The van der Waals surface area contributed by atoms with E-state index in [1.165, 1.54) is 0 Å². The SMILES string of the molecule is [C-]#[N+]c1ccc(N[C@@H](C(=O)NNC(=O)c2ccc(O[Si](C)(C)C(C)(C)C)cc2)[C@@H](C)O[Si](C)(C)C(C)(C)C)c(C)c1Cl. The number of hydrogen-bond donors (Lipinski definition) is 3. The standard InChI is InChI=1S/C31H47ClN4O4Si2/c1-20-24(18-19-25(33-9)26(20)32)34-27(21(2)39-41(10,11)30(3,4)5)29(38)36-35-28(37)22-14-16-23(17-15-22)40-42(12,13)31(6,7)8/h14-19,21,27,34H,1-8,10-13H3,(H,35,37)(H,36,38)/t21-,27-/m1/s1. The topological polar surface area (TPSA) is 93.1 Å². The molecule has 0 aliphatic heterocycles. The fourth-order valence-electron chi connectivity index (χ4n) is 3.58. The highest BCUT2D eigenvalue weighted by atomic mass is 35.5. The van der Waals surface area contributed by atoms with Crippen LogP contribution in [0, 0.1) is 13.5 Å². The molecule has 0 saturated heterocycles. The predicted octanol–water partition coefficient (Wildman–Crippen LogP) is 8.24. The lowest BCUT2D eigenvalue weighted by Gasteiger charge is -2.40. The summed E-state index contributed by atoms with van der Waals surface area (Å²) < 4.78 is 12.9. The number of hydrazine groups is 1. The normalized spacial score (nSPS) is 13.9. The van der Waals surface area contributed by atoms with Gasteiger partial charge in [0.25, 0.3) is 11.8 Å². The van der Waals surface area contributed by atoms with Crippen LogP contribution in [0.15, 0.2) is 36.4 Å². The van der Waals surface area contributed by atoms with E-state index in [4.69, 9.17) is 27.0 Å². The second kappa shape index (κ2) is 13.2. The fourth-order valence-corrected chi connectivity index (χ4v) is 6.23. The third kappa shape index (κ3) is 8.60. The molecule has 0 heterocycles. The zero-order valence-electron chi connectivity index (χ0n) is 27.1. The van der Waals surface area contributed by atoms with Gasteiger partial charge in [0, 0.05) is 11.3 Å². The van der Waals surface area contributed by atoms with Crippen molar-refractivity contribution in [1.29, 1.82) is 0 Å². The summed E-state index contributed by atoms with van der Waals surface area (Å²) >= 11 is 6.40. The second-order valence-electron chi connectivity index (χ2n) is 13.7. The number of benzene rings is 2. The van der Waals surface area contributed by atoms with Gasteiger partial charge >= 0.3 is 0 Å². The van der Waals surface area contributed by atoms with Crippen molar-refractivity contribution in [1.82, 2.24) is 10.9 Å². The van der Waals surface area contributed by atoms with Crippen LogP contribution in [0.1, 0.15) is 64.4 Å². The predicted molar refractivity (Wildman–Crippen MR) is 177 cm³/mol. The molecule has 0 unspecified atom stereocenters. The Kier molecular flexibility index (Phi) is 11.1. The van der Waals surface area contributed by atoms with Crippen LogP contribution in [0.3, 0.4) is 0 Å². The van der Waals surface area contributed by atoms with Gasteiger partial charge in [-0.05, 0) is 86.0 Å². The molecule has 0 fully saturated rings. The molecule has 42 heavy (non-hydrogen) atoms. The van der Waals surface area contributed by atoms with Crippen molar-refractivity contribution >= 4 is 51.4 Å². The summed E-state index contributed by atoms with van der Waals surface area (Å²) in [4.78, 5) is 29.9. The molecule has 2 atom stereocenters. The minimum absolute atomic E-state index is 0.0478. The summed E-state index contributed by atoms with van der Waals surface area (Å²) in [5, 5.41) is 3.54. The maximum absolute atomic E-state index is 13.5. The molecule has 0 radical (unpaired) electrons. The van der Waals surface area contributed by atoms with E-state index in [9.17, 15) is 9.59 Å². The molecule has 2 aromatic carbocycles. The number of anilines is 1. The van der Waals surface area contributed by atoms with Crippen LogP contribution in [0.2, 0.25) is 41.3 Å². The molecular formula is C31H47ClN4O4Si2. The number of nitrogens with zero attached hydrogens (tertiary/aromatic N) is 1. The van der Waals surface area contributed by atoms with Crippen molar-refractivity contribution in [2.24, 2.45) is 0 Å². The van der Waals surface area contributed by atoms with Crippen LogP contribution in [0.25, 0.3) is 4.85 Å². The summed E-state index contributed by atoms with van der Waals surface area (Å²) in [6, 6.07) is 9.36. The van der Waals surface area contributed by atoms with Gasteiger partial charge in [-0.25, -0.2) is 4.85 Å². The van der Waals surface area contributed by atoms with Crippen LogP contribution in [-0.4, -0.2) is 40.6 Å². The van der Waals surface area contributed by atoms with Crippen LogP contribution in [-0.2, 0) is 9.22 Å². The zero-order valence-corrected chi connectivity index (χ0v) is 29.8. The average Bonchev–Trinajstić information content (AvgIpc) is 2.86. The van der Waals surface area contributed by atoms with Gasteiger partial charge in [0.2, 0.25) is 14.0 Å². The van der Waals surface area contributed by atoms with E-state index in [1.54, 1.807) is 43.3 Å². The van der Waals surface area contributed by atoms with E-state index < -0.39 is 40.6 Å². The fraction of sp³-hybridized carbons (Fsp3) is 0.516. The van der Waals surface area contributed by atoms with Gasteiger partial charge in [0.15, 0.2) is 8.32 Å². The third-order valence-electron chi connectivity index (χ3n) is 8.43. The lowest BCUT2D eigenvalue weighted by Crippen LogP contribution is -2.55. The first-order valence-electron chi connectivity index (χ1n) is 14.1. The lowest BCUT2D eigenvalue weighted by atomic mass is 10.1. The second-order valence-corrected chi connectivity index (χ2v) is 23.6. The van der Waals surface area contributed by atoms with E-state index in [0.717, 1.165) is 0 Å². The quantitative estimate of drug-likeness (QED) is 0.147. The Morgan fingerprint density at radius 3 is 1.95 bits per heavy atom. The maximum Gasteiger partial charge on any atom is 0.269 e. The highest BCUT2D eigenvalue weighted by Gasteiger charge is 2.41. The van der Waals surface area contributed by atoms with E-state index >= 15 is 0 Å². The maximum atomic E-state index is 13.5. The Morgan fingerprint density at radius 2 is 1.45 bits per heavy atom. The summed E-state index contributed by atoms with van der Waals surface area (Å²) in [5.74, 6) is -0.224. The summed E-state index contributed by atoms with van der Waals surface area (Å²) in [7, 11) is -4.26. The van der Waals surface area contributed by atoms with E-state index in [-0.39, 0.29) is 10.1 Å². The van der Waals surface area contributed by atoms with Gasteiger partial charge in [0.1, 0.15) is 11.8 Å². The van der Waals surface area contributed by atoms with Crippen LogP contribution < -0.4 is 20.6 Å². The summed E-state index contributed by atoms with van der Waals surface area (Å²) in [5.41, 5.74) is 7.05. The number of carbonyl (C=O) groups excluding carboxylic acids is 2. The lowest BCUT2D eigenvalue weighted by molar-refractivity contribution is -0.124. The van der Waals surface area contributed by atoms with E-state index in [2.05, 4.69) is 88.7 Å². The molecule has 2 aromatic rings. The Morgan fingerprint density at radius 1 is 0.905 bits per heavy atom. The van der Waals surface area contributed by atoms with Gasteiger partial charge in [-0.2, -0.15) is 0 Å². The molecule has 0 aromatic heterocycles. The molecular weight excluding hydrogens is 584 g/mol. The molecule has 2 amide bonds. The molecule has 0 aliphatic rings. The van der Waals surface area contributed by atoms with Gasteiger partial charge in [0.05, 0.1) is 17.7 Å². The molecule has 0 aliphatic carbocycles. The van der Waals surface area contributed by atoms with Crippen molar-refractivity contribution in [2.45, 2.75) is 104 Å². The number of amides is 2. The van der Waals surface area contributed by atoms with Crippen LogP contribution in [0.4, 0.5) is 11.4 Å². The first-order chi connectivity index (χ1) is 19.1. The highest BCUT2D eigenvalue weighted by molar-refractivity contribution is 6.75. The Labute approximate surface area is 259 Å². The molecule has 0 spiro atoms. The molecule has 11 heteroatoms. The van der Waals surface area contributed by atoms with Crippen molar-refractivity contribution in [3.05, 3.63) is 64.0 Å². The molecule has 0 bridgehead atoms. The Balaban J connectivity index is 2.24. The van der Waals surface area contributed by atoms with Crippen molar-refractivity contribution < 1.29 is 18.4 Å². The summed E-state index contributed by atoms with van der Waals surface area (Å²) in [6.07, 6.45) is -0.548. The van der Waals surface area contributed by atoms with Gasteiger partial charge in [-0.3, -0.25) is 20.4 Å². The monoisotopic (exact) mass is 630 g/mol. The number of halogens is 1. The van der Waals surface area contributed by atoms with Gasteiger partial charge in [-0.1, -0.05) is 59.2 Å².